The van der Waals surface area contributed by atoms with Crippen molar-refractivity contribution in [3.63, 3.8) is 0 Å². The summed E-state index contributed by atoms with van der Waals surface area (Å²) in [5, 5.41) is 6.18. The first-order valence-corrected chi connectivity index (χ1v) is 8.16. The summed E-state index contributed by atoms with van der Waals surface area (Å²) in [6.07, 6.45) is 0. The fourth-order valence-electron chi connectivity index (χ4n) is 2.31. The van der Waals surface area contributed by atoms with Crippen molar-refractivity contribution >= 4 is 33.2 Å². The largest absolute Gasteiger partial charge is 0.375 e. The smallest absolute Gasteiger partial charge is 0.243 e. The van der Waals surface area contributed by atoms with Crippen molar-refractivity contribution in [2.24, 2.45) is 0 Å². The molecular formula is C18H21BrN2O. The van der Waals surface area contributed by atoms with Gasteiger partial charge in [-0.15, -0.1) is 0 Å². The summed E-state index contributed by atoms with van der Waals surface area (Å²) in [6, 6.07) is 13.9. The number of para-hydroxylation sites is 2. The first-order chi connectivity index (χ1) is 10.5. The molecule has 2 aromatic rings. The maximum atomic E-state index is 12.2. The fraction of sp³-hybridized carbons (Fsp3) is 0.278. The van der Waals surface area contributed by atoms with Crippen LogP contribution in [-0.4, -0.2) is 12.5 Å². The topological polar surface area (TPSA) is 41.1 Å². The number of amides is 1. The molecule has 2 aromatic carbocycles. The van der Waals surface area contributed by atoms with E-state index in [1.807, 2.05) is 43.3 Å². The second kappa shape index (κ2) is 7.45. The van der Waals surface area contributed by atoms with Crippen molar-refractivity contribution in [1.29, 1.82) is 0 Å². The normalized spacial score (nSPS) is 10.6. The van der Waals surface area contributed by atoms with Crippen molar-refractivity contribution < 1.29 is 4.79 Å². The highest BCUT2D eigenvalue weighted by molar-refractivity contribution is 9.10. The van der Waals surface area contributed by atoms with Crippen LogP contribution in [0, 0.1) is 6.92 Å². The van der Waals surface area contributed by atoms with Crippen LogP contribution in [-0.2, 0) is 4.79 Å². The molecule has 116 valence electrons. The monoisotopic (exact) mass is 360 g/mol. The van der Waals surface area contributed by atoms with E-state index in [4.69, 9.17) is 0 Å². The predicted molar refractivity (Wildman–Crippen MR) is 96.5 cm³/mol. The maximum absolute atomic E-state index is 12.2. The number of hydrogen-bond acceptors (Lipinski definition) is 2. The lowest BCUT2D eigenvalue weighted by Gasteiger charge is -2.17. The lowest BCUT2D eigenvalue weighted by Crippen LogP contribution is -2.23. The Bertz CT molecular complexity index is 668. The summed E-state index contributed by atoms with van der Waals surface area (Å²) < 4.78 is 0.946. The molecule has 0 spiro atoms. The second-order valence-corrected chi connectivity index (χ2v) is 6.43. The highest BCUT2D eigenvalue weighted by Crippen LogP contribution is 2.27. The van der Waals surface area contributed by atoms with E-state index in [0.717, 1.165) is 27.0 Å². The SMILES string of the molecule is Cc1cccc(C(C)C)c1NC(=O)CNc1ccccc1Br. The van der Waals surface area contributed by atoms with Crippen molar-refractivity contribution in [1.82, 2.24) is 0 Å². The standard InChI is InChI=1S/C18H21BrN2O/c1-12(2)14-8-6-7-13(3)18(14)21-17(22)11-20-16-10-5-4-9-15(16)19/h4-10,12,20H,11H2,1-3H3,(H,21,22). The Hall–Kier alpha value is -1.81. The Labute approximate surface area is 140 Å². The third-order valence-electron chi connectivity index (χ3n) is 3.50. The van der Waals surface area contributed by atoms with Gasteiger partial charge in [0.1, 0.15) is 0 Å². The number of halogens is 1. The lowest BCUT2D eigenvalue weighted by atomic mass is 9.98. The van der Waals surface area contributed by atoms with Gasteiger partial charge in [0.25, 0.3) is 0 Å². The molecule has 0 fully saturated rings. The highest BCUT2D eigenvalue weighted by Gasteiger charge is 2.12. The van der Waals surface area contributed by atoms with Crippen LogP contribution in [0.2, 0.25) is 0 Å². The van der Waals surface area contributed by atoms with Crippen LogP contribution in [0.15, 0.2) is 46.9 Å². The first kappa shape index (κ1) is 16.6. The summed E-state index contributed by atoms with van der Waals surface area (Å²) in [5.41, 5.74) is 4.08. The third-order valence-corrected chi connectivity index (χ3v) is 4.20. The maximum Gasteiger partial charge on any atom is 0.243 e. The van der Waals surface area contributed by atoms with E-state index in [1.165, 1.54) is 0 Å². The summed E-state index contributed by atoms with van der Waals surface area (Å²) in [6.45, 7) is 6.50. The van der Waals surface area contributed by atoms with Crippen LogP contribution in [0.25, 0.3) is 0 Å². The quantitative estimate of drug-likeness (QED) is 0.793. The Morgan fingerprint density at radius 1 is 1.14 bits per heavy atom. The Balaban J connectivity index is 2.05. The zero-order valence-corrected chi connectivity index (χ0v) is 14.7. The molecule has 2 N–H and O–H groups in total. The van der Waals surface area contributed by atoms with E-state index in [2.05, 4.69) is 46.5 Å². The highest BCUT2D eigenvalue weighted by atomic mass is 79.9. The van der Waals surface area contributed by atoms with Crippen LogP contribution in [0.4, 0.5) is 11.4 Å². The molecule has 0 heterocycles. The zero-order valence-electron chi connectivity index (χ0n) is 13.1. The van der Waals surface area contributed by atoms with Crippen LogP contribution in [0.1, 0.15) is 30.9 Å². The van der Waals surface area contributed by atoms with Crippen molar-refractivity contribution in [3.05, 3.63) is 58.1 Å². The van der Waals surface area contributed by atoms with Gasteiger partial charge in [-0.1, -0.05) is 44.2 Å². The van der Waals surface area contributed by atoms with Gasteiger partial charge < -0.3 is 10.6 Å². The molecule has 2 rings (SSSR count). The van der Waals surface area contributed by atoms with Crippen LogP contribution in [0.5, 0.6) is 0 Å². The van der Waals surface area contributed by atoms with Crippen molar-refractivity contribution in [2.75, 3.05) is 17.2 Å². The summed E-state index contributed by atoms with van der Waals surface area (Å²) in [4.78, 5) is 12.2. The van der Waals surface area contributed by atoms with Gasteiger partial charge in [-0.05, 0) is 52.0 Å². The van der Waals surface area contributed by atoms with Gasteiger partial charge in [0.05, 0.1) is 6.54 Å². The number of aryl methyl sites for hydroxylation is 1. The van der Waals surface area contributed by atoms with Gasteiger partial charge >= 0.3 is 0 Å². The van der Waals surface area contributed by atoms with Crippen molar-refractivity contribution in [3.8, 4) is 0 Å². The van der Waals surface area contributed by atoms with E-state index >= 15 is 0 Å². The van der Waals surface area contributed by atoms with Crippen LogP contribution in [0.3, 0.4) is 0 Å². The van der Waals surface area contributed by atoms with Gasteiger partial charge in [-0.25, -0.2) is 0 Å². The Morgan fingerprint density at radius 2 is 1.86 bits per heavy atom. The van der Waals surface area contributed by atoms with Gasteiger partial charge in [-0.3, -0.25) is 4.79 Å². The molecule has 22 heavy (non-hydrogen) atoms. The number of benzene rings is 2. The molecule has 4 heteroatoms. The van der Waals surface area contributed by atoms with E-state index in [-0.39, 0.29) is 12.5 Å². The zero-order chi connectivity index (χ0) is 16.1. The molecule has 0 aromatic heterocycles. The molecule has 3 nitrogen and oxygen atoms in total. The average molecular weight is 361 g/mol. The first-order valence-electron chi connectivity index (χ1n) is 7.36. The molecule has 0 saturated heterocycles. The fourth-order valence-corrected chi connectivity index (χ4v) is 2.73. The van der Waals surface area contributed by atoms with Crippen LogP contribution < -0.4 is 10.6 Å². The Morgan fingerprint density at radius 3 is 2.55 bits per heavy atom. The molecule has 0 aliphatic heterocycles. The van der Waals surface area contributed by atoms with E-state index in [9.17, 15) is 4.79 Å². The third kappa shape index (κ3) is 4.10. The molecule has 0 aliphatic carbocycles. The number of anilines is 2. The molecule has 0 atom stereocenters. The number of carbonyl (C=O) groups is 1. The van der Waals surface area contributed by atoms with E-state index < -0.39 is 0 Å². The number of carbonyl (C=O) groups excluding carboxylic acids is 1. The average Bonchev–Trinajstić information content (AvgIpc) is 2.48. The minimum atomic E-state index is -0.0491. The molecule has 0 aliphatic rings. The minimum Gasteiger partial charge on any atom is -0.375 e. The number of nitrogens with one attached hydrogen (secondary N) is 2. The number of hydrogen-bond donors (Lipinski definition) is 2. The molecule has 0 saturated carbocycles. The minimum absolute atomic E-state index is 0.0491. The van der Waals surface area contributed by atoms with Gasteiger partial charge in [0, 0.05) is 15.8 Å². The summed E-state index contributed by atoms with van der Waals surface area (Å²) >= 11 is 3.46. The van der Waals surface area contributed by atoms with E-state index in [1.54, 1.807) is 0 Å². The molecule has 0 radical (unpaired) electrons. The summed E-state index contributed by atoms with van der Waals surface area (Å²) in [7, 11) is 0. The lowest BCUT2D eigenvalue weighted by molar-refractivity contribution is -0.114. The summed E-state index contributed by atoms with van der Waals surface area (Å²) in [5.74, 6) is 0.318. The molecule has 0 unspecified atom stereocenters. The predicted octanol–water partition coefficient (Wildman–Crippen LogP) is 4.93. The molecule has 1 amide bonds. The van der Waals surface area contributed by atoms with E-state index in [0.29, 0.717) is 5.92 Å². The van der Waals surface area contributed by atoms with Crippen LogP contribution >= 0.6 is 15.9 Å². The number of rotatable bonds is 5. The second-order valence-electron chi connectivity index (χ2n) is 5.58. The molecular weight excluding hydrogens is 340 g/mol. The van der Waals surface area contributed by atoms with Gasteiger partial charge in [0.15, 0.2) is 0 Å². The Kier molecular flexibility index (Phi) is 5.61. The van der Waals surface area contributed by atoms with Crippen molar-refractivity contribution in [2.45, 2.75) is 26.7 Å². The van der Waals surface area contributed by atoms with Gasteiger partial charge in [-0.2, -0.15) is 0 Å². The molecule has 0 bridgehead atoms. The van der Waals surface area contributed by atoms with Gasteiger partial charge in [0.2, 0.25) is 5.91 Å².